The summed E-state index contributed by atoms with van der Waals surface area (Å²) in [6.45, 7) is 0. The van der Waals surface area contributed by atoms with E-state index in [4.69, 9.17) is 5.73 Å². The summed E-state index contributed by atoms with van der Waals surface area (Å²) in [7, 11) is 0. The van der Waals surface area contributed by atoms with E-state index in [1.807, 2.05) is 18.3 Å². The summed E-state index contributed by atoms with van der Waals surface area (Å²) in [5, 5.41) is 0. The molecule has 0 spiro atoms. The lowest BCUT2D eigenvalue weighted by atomic mass is 10.00. The molecule has 0 saturated heterocycles. The molecule has 0 fully saturated rings. The zero-order chi connectivity index (χ0) is 13.0. The van der Waals surface area contributed by atoms with Gasteiger partial charge in [-0.1, -0.05) is 22.0 Å². The van der Waals surface area contributed by atoms with Crippen molar-refractivity contribution in [3.8, 4) is 0 Å². The highest BCUT2D eigenvalue weighted by Crippen LogP contribution is 2.23. The smallest absolute Gasteiger partial charge is 0.128 e. The number of nitrogens with two attached hydrogens (primary N) is 1. The van der Waals surface area contributed by atoms with Gasteiger partial charge in [-0.15, -0.1) is 0 Å². The van der Waals surface area contributed by atoms with Crippen LogP contribution < -0.4 is 5.73 Å². The third-order valence-electron chi connectivity index (χ3n) is 2.82. The lowest BCUT2D eigenvalue weighted by molar-refractivity contribution is 0.563. The number of pyridine rings is 1. The summed E-state index contributed by atoms with van der Waals surface area (Å²) < 4.78 is 14.5. The Morgan fingerprint density at radius 1 is 1.33 bits per heavy atom. The number of rotatable bonds is 4. The first-order valence-corrected chi connectivity index (χ1v) is 6.55. The van der Waals surface area contributed by atoms with Crippen molar-refractivity contribution in [3.05, 3.63) is 64.1 Å². The number of hydrogen-bond acceptors (Lipinski definition) is 2. The number of hydrogen-bond donors (Lipinski definition) is 1. The highest BCUT2D eigenvalue weighted by Gasteiger charge is 2.11. The Bertz CT molecular complexity index is 516. The van der Waals surface area contributed by atoms with Crippen molar-refractivity contribution in [2.45, 2.75) is 18.9 Å². The van der Waals surface area contributed by atoms with Crippen LogP contribution in [0.4, 0.5) is 4.39 Å². The van der Waals surface area contributed by atoms with Crippen LogP contribution in [-0.4, -0.2) is 4.98 Å². The predicted molar refractivity (Wildman–Crippen MR) is 73.6 cm³/mol. The van der Waals surface area contributed by atoms with E-state index in [2.05, 4.69) is 20.9 Å². The van der Waals surface area contributed by atoms with Gasteiger partial charge in [0.2, 0.25) is 0 Å². The van der Waals surface area contributed by atoms with Crippen LogP contribution >= 0.6 is 15.9 Å². The minimum Gasteiger partial charge on any atom is -0.324 e. The summed E-state index contributed by atoms with van der Waals surface area (Å²) in [4.78, 5) is 4.04. The van der Waals surface area contributed by atoms with Crippen molar-refractivity contribution in [2.24, 2.45) is 5.73 Å². The van der Waals surface area contributed by atoms with E-state index in [0.717, 1.165) is 16.5 Å². The number of benzene rings is 1. The molecule has 2 rings (SSSR count). The Morgan fingerprint density at radius 2 is 2.17 bits per heavy atom. The van der Waals surface area contributed by atoms with Crippen LogP contribution in [0, 0.1) is 5.82 Å². The molecular formula is C14H14BrFN2. The van der Waals surface area contributed by atoms with E-state index in [0.29, 0.717) is 12.0 Å². The fourth-order valence-corrected chi connectivity index (χ4v) is 2.20. The lowest BCUT2D eigenvalue weighted by Crippen LogP contribution is -2.13. The fraction of sp³-hybridized carbons (Fsp3) is 0.214. The molecule has 1 atom stereocenters. The third-order valence-corrected chi connectivity index (χ3v) is 3.32. The van der Waals surface area contributed by atoms with E-state index in [1.54, 1.807) is 18.3 Å². The van der Waals surface area contributed by atoms with Crippen LogP contribution in [0.1, 0.15) is 23.6 Å². The summed E-state index contributed by atoms with van der Waals surface area (Å²) in [6.07, 6.45) is 5.03. The standard InChI is InChI=1S/C14H14BrFN2/c15-11-4-5-13(16)12(8-11)14(17)6-3-10-2-1-7-18-9-10/h1-2,4-5,7-9,14H,3,6,17H2. The summed E-state index contributed by atoms with van der Waals surface area (Å²) in [5.41, 5.74) is 7.69. The normalized spacial score (nSPS) is 12.4. The molecule has 1 aromatic heterocycles. The first kappa shape index (κ1) is 13.2. The second-order valence-corrected chi connectivity index (χ2v) is 5.09. The molecule has 0 saturated carbocycles. The van der Waals surface area contributed by atoms with Gasteiger partial charge in [0, 0.05) is 28.5 Å². The van der Waals surface area contributed by atoms with Gasteiger partial charge in [-0.2, -0.15) is 0 Å². The highest BCUT2D eigenvalue weighted by molar-refractivity contribution is 9.10. The first-order chi connectivity index (χ1) is 8.66. The number of halogens is 2. The fourth-order valence-electron chi connectivity index (χ4n) is 1.82. The maximum atomic E-state index is 13.6. The van der Waals surface area contributed by atoms with Gasteiger partial charge in [-0.3, -0.25) is 4.98 Å². The van der Waals surface area contributed by atoms with Crippen LogP contribution in [0.3, 0.4) is 0 Å². The van der Waals surface area contributed by atoms with Crippen molar-refractivity contribution >= 4 is 15.9 Å². The van der Waals surface area contributed by atoms with E-state index in [9.17, 15) is 4.39 Å². The minimum atomic E-state index is -0.303. The van der Waals surface area contributed by atoms with E-state index in [1.165, 1.54) is 6.07 Å². The molecule has 4 heteroatoms. The molecule has 1 aromatic carbocycles. The zero-order valence-electron chi connectivity index (χ0n) is 9.81. The predicted octanol–water partition coefficient (Wildman–Crippen LogP) is 3.62. The van der Waals surface area contributed by atoms with Crippen molar-refractivity contribution in [1.29, 1.82) is 0 Å². The number of nitrogens with zero attached hydrogens (tertiary/aromatic N) is 1. The first-order valence-electron chi connectivity index (χ1n) is 5.76. The summed E-state index contributed by atoms with van der Waals surface area (Å²) >= 11 is 3.33. The number of aromatic nitrogens is 1. The Hall–Kier alpha value is -1.26. The Balaban J connectivity index is 2.03. The monoisotopic (exact) mass is 308 g/mol. The van der Waals surface area contributed by atoms with Gasteiger partial charge < -0.3 is 5.73 Å². The van der Waals surface area contributed by atoms with Crippen molar-refractivity contribution in [3.63, 3.8) is 0 Å². The summed E-state index contributed by atoms with van der Waals surface area (Å²) in [6, 6.07) is 8.43. The Morgan fingerprint density at radius 3 is 2.89 bits per heavy atom. The van der Waals surface area contributed by atoms with Gasteiger partial charge in [0.15, 0.2) is 0 Å². The molecule has 2 nitrogen and oxygen atoms in total. The Kier molecular flexibility index (Phi) is 4.44. The van der Waals surface area contributed by atoms with Gasteiger partial charge in [-0.05, 0) is 42.7 Å². The molecule has 1 heterocycles. The zero-order valence-corrected chi connectivity index (χ0v) is 11.4. The highest BCUT2D eigenvalue weighted by atomic mass is 79.9. The average molecular weight is 309 g/mol. The summed E-state index contributed by atoms with van der Waals surface area (Å²) in [5.74, 6) is -0.253. The van der Waals surface area contributed by atoms with E-state index < -0.39 is 0 Å². The molecule has 0 aliphatic carbocycles. The molecule has 94 valence electrons. The van der Waals surface area contributed by atoms with Crippen molar-refractivity contribution in [1.82, 2.24) is 4.98 Å². The topological polar surface area (TPSA) is 38.9 Å². The molecule has 1 unspecified atom stereocenters. The van der Waals surface area contributed by atoms with Gasteiger partial charge in [0.1, 0.15) is 5.82 Å². The molecule has 18 heavy (non-hydrogen) atoms. The van der Waals surface area contributed by atoms with Crippen LogP contribution in [0.5, 0.6) is 0 Å². The molecule has 0 radical (unpaired) electrons. The Labute approximate surface area is 114 Å². The molecule has 0 bridgehead atoms. The van der Waals surface area contributed by atoms with Gasteiger partial charge in [0.25, 0.3) is 0 Å². The SMILES string of the molecule is NC(CCc1cccnc1)c1cc(Br)ccc1F. The molecular weight excluding hydrogens is 295 g/mol. The van der Waals surface area contributed by atoms with Crippen molar-refractivity contribution < 1.29 is 4.39 Å². The van der Waals surface area contributed by atoms with Gasteiger partial charge in [-0.25, -0.2) is 4.39 Å². The largest absolute Gasteiger partial charge is 0.324 e. The number of aryl methyl sites for hydroxylation is 1. The van der Waals surface area contributed by atoms with E-state index >= 15 is 0 Å². The maximum absolute atomic E-state index is 13.6. The van der Waals surface area contributed by atoms with Crippen LogP contribution in [-0.2, 0) is 6.42 Å². The molecule has 0 aliphatic heterocycles. The van der Waals surface area contributed by atoms with Crippen LogP contribution in [0.15, 0.2) is 47.2 Å². The van der Waals surface area contributed by atoms with Crippen LogP contribution in [0.25, 0.3) is 0 Å². The average Bonchev–Trinajstić information content (AvgIpc) is 2.40. The lowest BCUT2D eigenvalue weighted by Gasteiger charge is -2.13. The van der Waals surface area contributed by atoms with Gasteiger partial charge >= 0.3 is 0 Å². The molecule has 0 amide bonds. The van der Waals surface area contributed by atoms with Gasteiger partial charge in [0.05, 0.1) is 0 Å². The maximum Gasteiger partial charge on any atom is 0.128 e. The second-order valence-electron chi connectivity index (χ2n) is 4.17. The van der Waals surface area contributed by atoms with Crippen molar-refractivity contribution in [2.75, 3.05) is 0 Å². The quantitative estimate of drug-likeness (QED) is 0.937. The van der Waals surface area contributed by atoms with Crippen LogP contribution in [0.2, 0.25) is 0 Å². The molecule has 0 aliphatic rings. The minimum absolute atomic E-state index is 0.253. The second kappa shape index (κ2) is 6.07. The third kappa shape index (κ3) is 3.37. The van der Waals surface area contributed by atoms with E-state index in [-0.39, 0.29) is 11.9 Å². The molecule has 2 aromatic rings. The molecule has 2 N–H and O–H groups in total.